The van der Waals surface area contributed by atoms with Crippen LogP contribution in [0, 0.1) is 17.8 Å². The molecule has 0 spiro atoms. The lowest BCUT2D eigenvalue weighted by molar-refractivity contribution is 0.211. The smallest absolute Gasteiger partial charge is 0.0155 e. The largest absolute Gasteiger partial charge is 0.319 e. The third-order valence-corrected chi connectivity index (χ3v) is 3.44. The van der Waals surface area contributed by atoms with Gasteiger partial charge >= 0.3 is 0 Å². The summed E-state index contributed by atoms with van der Waals surface area (Å²) < 4.78 is 0. The molecule has 0 saturated heterocycles. The van der Waals surface area contributed by atoms with Crippen molar-refractivity contribution in [3.63, 3.8) is 0 Å². The first-order valence-electron chi connectivity index (χ1n) is 5.91. The van der Waals surface area contributed by atoms with Crippen molar-refractivity contribution in [1.29, 1.82) is 0 Å². The highest BCUT2D eigenvalue weighted by Crippen LogP contribution is 2.36. The first-order chi connectivity index (χ1) is 6.83. The first kappa shape index (κ1) is 11.6. The standard InChI is InChI=1S/C13H23N/c1-3-9-13(12-14-2)10-7-5-4-6-8-11-13/h1,14H,4-12H2,2H3. The Morgan fingerprint density at radius 3 is 2.21 bits per heavy atom. The molecular formula is C13H23N. The van der Waals surface area contributed by atoms with E-state index in [1.165, 1.54) is 44.9 Å². The van der Waals surface area contributed by atoms with E-state index in [1.807, 2.05) is 7.05 Å². The summed E-state index contributed by atoms with van der Waals surface area (Å²) in [6.45, 7) is 1.09. The molecular weight excluding hydrogens is 170 g/mol. The van der Waals surface area contributed by atoms with E-state index < -0.39 is 0 Å². The molecule has 0 aromatic carbocycles. The summed E-state index contributed by atoms with van der Waals surface area (Å²) in [5.74, 6) is 2.87. The normalized spacial score (nSPS) is 22.0. The van der Waals surface area contributed by atoms with Crippen LogP contribution in [0.2, 0.25) is 0 Å². The lowest BCUT2D eigenvalue weighted by atomic mass is 9.74. The van der Waals surface area contributed by atoms with Gasteiger partial charge in [0, 0.05) is 13.0 Å². The van der Waals surface area contributed by atoms with Crippen LogP contribution >= 0.6 is 0 Å². The van der Waals surface area contributed by atoms with Gasteiger partial charge in [-0.2, -0.15) is 0 Å². The van der Waals surface area contributed by atoms with Gasteiger partial charge in [0.1, 0.15) is 0 Å². The van der Waals surface area contributed by atoms with Gasteiger partial charge in [-0.1, -0.05) is 32.1 Å². The van der Waals surface area contributed by atoms with Gasteiger partial charge < -0.3 is 5.32 Å². The monoisotopic (exact) mass is 193 g/mol. The van der Waals surface area contributed by atoms with Crippen molar-refractivity contribution >= 4 is 0 Å². The van der Waals surface area contributed by atoms with E-state index in [1.54, 1.807) is 0 Å². The number of hydrogen-bond acceptors (Lipinski definition) is 1. The molecule has 1 fully saturated rings. The minimum Gasteiger partial charge on any atom is -0.319 e. The minimum atomic E-state index is 0.407. The van der Waals surface area contributed by atoms with Crippen LogP contribution in [0.15, 0.2) is 0 Å². The van der Waals surface area contributed by atoms with Crippen molar-refractivity contribution in [2.45, 2.75) is 51.4 Å². The van der Waals surface area contributed by atoms with Gasteiger partial charge in [0.05, 0.1) is 0 Å². The maximum Gasteiger partial charge on any atom is 0.0155 e. The Balaban J connectivity index is 2.56. The van der Waals surface area contributed by atoms with Gasteiger partial charge in [-0.3, -0.25) is 0 Å². The summed E-state index contributed by atoms with van der Waals surface area (Å²) in [5.41, 5.74) is 0.407. The number of hydrogen-bond donors (Lipinski definition) is 1. The molecule has 1 rings (SSSR count). The summed E-state index contributed by atoms with van der Waals surface area (Å²) in [6.07, 6.45) is 16.0. The second-order valence-electron chi connectivity index (χ2n) is 4.68. The molecule has 0 bridgehead atoms. The van der Waals surface area contributed by atoms with Crippen LogP contribution in [-0.4, -0.2) is 13.6 Å². The highest BCUT2D eigenvalue weighted by atomic mass is 14.8. The molecule has 0 heterocycles. The van der Waals surface area contributed by atoms with Gasteiger partial charge in [-0.05, 0) is 25.3 Å². The van der Waals surface area contributed by atoms with Gasteiger partial charge in [0.2, 0.25) is 0 Å². The van der Waals surface area contributed by atoms with Crippen molar-refractivity contribution in [2.24, 2.45) is 5.41 Å². The van der Waals surface area contributed by atoms with Crippen LogP contribution < -0.4 is 5.32 Å². The zero-order valence-electron chi connectivity index (χ0n) is 9.44. The van der Waals surface area contributed by atoms with Crippen LogP contribution in [0.1, 0.15) is 51.4 Å². The highest BCUT2D eigenvalue weighted by Gasteiger charge is 2.28. The molecule has 1 nitrogen and oxygen atoms in total. The molecule has 0 unspecified atom stereocenters. The summed E-state index contributed by atoms with van der Waals surface area (Å²) >= 11 is 0. The minimum absolute atomic E-state index is 0.407. The quantitative estimate of drug-likeness (QED) is 0.679. The van der Waals surface area contributed by atoms with E-state index in [-0.39, 0.29) is 0 Å². The van der Waals surface area contributed by atoms with Crippen LogP contribution in [0.25, 0.3) is 0 Å². The Hall–Kier alpha value is -0.480. The lowest BCUT2D eigenvalue weighted by Crippen LogP contribution is -2.33. The van der Waals surface area contributed by atoms with E-state index in [0.717, 1.165) is 13.0 Å². The van der Waals surface area contributed by atoms with Crippen LogP contribution in [-0.2, 0) is 0 Å². The van der Waals surface area contributed by atoms with Crippen molar-refractivity contribution in [2.75, 3.05) is 13.6 Å². The first-order valence-corrected chi connectivity index (χ1v) is 5.91. The fourth-order valence-corrected chi connectivity index (χ4v) is 2.66. The van der Waals surface area contributed by atoms with Crippen LogP contribution in [0.3, 0.4) is 0 Å². The van der Waals surface area contributed by atoms with E-state index in [0.29, 0.717) is 5.41 Å². The van der Waals surface area contributed by atoms with E-state index in [9.17, 15) is 0 Å². The predicted octanol–water partition coefficient (Wildman–Crippen LogP) is 2.96. The van der Waals surface area contributed by atoms with Crippen molar-refractivity contribution in [1.82, 2.24) is 5.32 Å². The van der Waals surface area contributed by atoms with Crippen molar-refractivity contribution in [3.8, 4) is 12.3 Å². The van der Waals surface area contributed by atoms with E-state index in [2.05, 4.69) is 11.2 Å². The summed E-state index contributed by atoms with van der Waals surface area (Å²) in [6, 6.07) is 0. The second-order valence-corrected chi connectivity index (χ2v) is 4.68. The summed E-state index contributed by atoms with van der Waals surface area (Å²) in [7, 11) is 2.04. The third kappa shape index (κ3) is 3.35. The molecule has 1 saturated carbocycles. The molecule has 1 heteroatoms. The van der Waals surface area contributed by atoms with Crippen LogP contribution in [0.5, 0.6) is 0 Å². The second kappa shape index (κ2) is 6.09. The number of rotatable bonds is 3. The predicted molar refractivity (Wildman–Crippen MR) is 62.1 cm³/mol. The Bertz CT molecular complexity index is 182. The van der Waals surface area contributed by atoms with Crippen molar-refractivity contribution in [3.05, 3.63) is 0 Å². The Morgan fingerprint density at radius 1 is 1.14 bits per heavy atom. The maximum absolute atomic E-state index is 5.49. The molecule has 0 atom stereocenters. The third-order valence-electron chi connectivity index (χ3n) is 3.44. The topological polar surface area (TPSA) is 12.0 Å². The molecule has 1 aliphatic rings. The molecule has 80 valence electrons. The Morgan fingerprint density at radius 2 is 1.71 bits per heavy atom. The lowest BCUT2D eigenvalue weighted by Gasteiger charge is -2.33. The average Bonchev–Trinajstić information content (AvgIpc) is 2.12. The molecule has 0 aromatic rings. The molecule has 0 aliphatic heterocycles. The molecule has 0 radical (unpaired) electrons. The molecule has 1 N–H and O–H groups in total. The Kier molecular flexibility index (Phi) is 5.04. The SMILES string of the molecule is C#CCC1(CNC)CCCCCCC1. The van der Waals surface area contributed by atoms with E-state index in [4.69, 9.17) is 6.42 Å². The zero-order valence-corrected chi connectivity index (χ0v) is 9.44. The zero-order chi connectivity index (χ0) is 10.3. The molecule has 14 heavy (non-hydrogen) atoms. The van der Waals surface area contributed by atoms with Crippen LogP contribution in [0.4, 0.5) is 0 Å². The summed E-state index contributed by atoms with van der Waals surface area (Å²) in [5, 5.41) is 3.32. The summed E-state index contributed by atoms with van der Waals surface area (Å²) in [4.78, 5) is 0. The Labute approximate surface area is 88.7 Å². The fraction of sp³-hybridized carbons (Fsp3) is 0.846. The molecule has 0 aromatic heterocycles. The van der Waals surface area contributed by atoms with Gasteiger partial charge in [-0.15, -0.1) is 12.3 Å². The number of nitrogens with one attached hydrogen (secondary N) is 1. The molecule has 1 aliphatic carbocycles. The van der Waals surface area contributed by atoms with Gasteiger partial charge in [0.25, 0.3) is 0 Å². The number of terminal acetylenes is 1. The highest BCUT2D eigenvalue weighted by molar-refractivity contribution is 4.96. The van der Waals surface area contributed by atoms with Gasteiger partial charge in [0.15, 0.2) is 0 Å². The average molecular weight is 193 g/mol. The van der Waals surface area contributed by atoms with E-state index >= 15 is 0 Å². The van der Waals surface area contributed by atoms with Crippen molar-refractivity contribution < 1.29 is 0 Å². The fourth-order valence-electron chi connectivity index (χ4n) is 2.66. The molecule has 0 amide bonds. The van der Waals surface area contributed by atoms with Gasteiger partial charge in [-0.25, -0.2) is 0 Å². The maximum atomic E-state index is 5.49.